The lowest BCUT2D eigenvalue weighted by atomic mass is 10.0. The van der Waals surface area contributed by atoms with Gasteiger partial charge in [0, 0.05) is 17.6 Å². The van der Waals surface area contributed by atoms with Crippen molar-refractivity contribution >= 4 is 5.91 Å². The summed E-state index contributed by atoms with van der Waals surface area (Å²) in [6, 6.07) is 6.05. The average molecular weight is 234 g/mol. The summed E-state index contributed by atoms with van der Waals surface area (Å²) in [6.45, 7) is 7.90. The van der Waals surface area contributed by atoms with Gasteiger partial charge in [-0.2, -0.15) is 0 Å². The maximum atomic E-state index is 12.0. The summed E-state index contributed by atoms with van der Waals surface area (Å²) in [5.74, 6) is -0.0179. The molecule has 0 aliphatic heterocycles. The lowest BCUT2D eigenvalue weighted by Gasteiger charge is -2.16. The summed E-state index contributed by atoms with van der Waals surface area (Å²) in [5, 5.41) is 2.97. The fraction of sp³-hybridized carbons (Fsp3) is 0.500. The molecule has 1 amide bonds. The Hall–Kier alpha value is -1.35. The minimum absolute atomic E-state index is 0.0179. The molecule has 0 aliphatic carbocycles. The molecule has 2 atom stereocenters. The Balaban J connectivity index is 2.70. The van der Waals surface area contributed by atoms with Crippen molar-refractivity contribution < 1.29 is 4.79 Å². The van der Waals surface area contributed by atoms with Gasteiger partial charge in [-0.3, -0.25) is 4.79 Å². The molecule has 0 saturated carbocycles. The largest absolute Gasteiger partial charge is 0.350 e. The van der Waals surface area contributed by atoms with E-state index in [0.29, 0.717) is 0 Å². The number of carbonyl (C=O) groups excluding carboxylic acids is 1. The predicted octanol–water partition coefficient (Wildman–Crippen LogP) is 2.16. The van der Waals surface area contributed by atoms with Crippen LogP contribution in [0.3, 0.4) is 0 Å². The van der Waals surface area contributed by atoms with Crippen LogP contribution in [0.25, 0.3) is 0 Å². The molecule has 0 aliphatic rings. The highest BCUT2D eigenvalue weighted by Crippen LogP contribution is 2.11. The first-order valence-electron chi connectivity index (χ1n) is 6.04. The zero-order chi connectivity index (χ0) is 13.0. The zero-order valence-electron chi connectivity index (χ0n) is 11.1. The van der Waals surface area contributed by atoms with Gasteiger partial charge < -0.3 is 11.1 Å². The maximum Gasteiger partial charge on any atom is 0.251 e. The smallest absolute Gasteiger partial charge is 0.251 e. The summed E-state index contributed by atoms with van der Waals surface area (Å²) in [6.07, 6.45) is 0.788. The SMILES string of the molecule is Cc1ccc(C(=O)NC(C)CC(C)N)c(C)c1. The maximum absolute atomic E-state index is 12.0. The molecule has 1 aromatic carbocycles. The topological polar surface area (TPSA) is 55.1 Å². The normalized spacial score (nSPS) is 14.2. The van der Waals surface area contributed by atoms with Crippen LogP contribution in [-0.2, 0) is 0 Å². The number of aryl methyl sites for hydroxylation is 2. The van der Waals surface area contributed by atoms with Gasteiger partial charge in [-0.25, -0.2) is 0 Å². The number of benzene rings is 1. The first-order chi connectivity index (χ1) is 7.90. The number of hydrogen-bond acceptors (Lipinski definition) is 2. The van der Waals surface area contributed by atoms with E-state index in [2.05, 4.69) is 5.32 Å². The van der Waals surface area contributed by atoms with E-state index < -0.39 is 0 Å². The molecule has 0 radical (unpaired) electrons. The van der Waals surface area contributed by atoms with Gasteiger partial charge in [-0.05, 0) is 45.7 Å². The van der Waals surface area contributed by atoms with Crippen LogP contribution in [0.5, 0.6) is 0 Å². The van der Waals surface area contributed by atoms with Crippen molar-refractivity contribution in [3.8, 4) is 0 Å². The molecule has 0 bridgehead atoms. The first-order valence-corrected chi connectivity index (χ1v) is 6.04. The number of nitrogens with one attached hydrogen (secondary N) is 1. The van der Waals surface area contributed by atoms with Gasteiger partial charge in [-0.15, -0.1) is 0 Å². The minimum atomic E-state index is -0.0179. The van der Waals surface area contributed by atoms with Gasteiger partial charge >= 0.3 is 0 Å². The van der Waals surface area contributed by atoms with Crippen LogP contribution in [0.4, 0.5) is 0 Å². The second-order valence-corrected chi connectivity index (χ2v) is 4.91. The standard InChI is InChI=1S/C14H22N2O/c1-9-5-6-13(10(2)7-9)14(17)16-12(4)8-11(3)15/h5-7,11-12H,8,15H2,1-4H3,(H,16,17). The molecule has 17 heavy (non-hydrogen) atoms. The summed E-state index contributed by atoms with van der Waals surface area (Å²) < 4.78 is 0. The first kappa shape index (κ1) is 13.7. The molecule has 0 heterocycles. The third kappa shape index (κ3) is 4.19. The summed E-state index contributed by atoms with van der Waals surface area (Å²) >= 11 is 0. The van der Waals surface area contributed by atoms with Crippen LogP contribution in [0.15, 0.2) is 18.2 Å². The highest BCUT2D eigenvalue weighted by atomic mass is 16.1. The van der Waals surface area contributed by atoms with Crippen molar-refractivity contribution in [2.24, 2.45) is 5.73 Å². The third-order valence-electron chi connectivity index (χ3n) is 2.73. The Morgan fingerprint density at radius 2 is 2.00 bits per heavy atom. The number of amides is 1. The van der Waals surface area contributed by atoms with E-state index >= 15 is 0 Å². The van der Waals surface area contributed by atoms with Crippen LogP contribution in [0.2, 0.25) is 0 Å². The van der Waals surface area contributed by atoms with Gasteiger partial charge in [0.05, 0.1) is 0 Å². The van der Waals surface area contributed by atoms with Crippen molar-refractivity contribution in [2.75, 3.05) is 0 Å². The van der Waals surface area contributed by atoms with E-state index in [1.807, 2.05) is 45.9 Å². The van der Waals surface area contributed by atoms with E-state index in [1.165, 1.54) is 5.56 Å². The van der Waals surface area contributed by atoms with Crippen molar-refractivity contribution in [3.63, 3.8) is 0 Å². The van der Waals surface area contributed by atoms with E-state index in [9.17, 15) is 4.79 Å². The molecule has 0 spiro atoms. The second kappa shape index (κ2) is 5.82. The molecule has 0 aromatic heterocycles. The van der Waals surface area contributed by atoms with Crippen LogP contribution >= 0.6 is 0 Å². The fourth-order valence-corrected chi connectivity index (χ4v) is 1.99. The molecular weight excluding hydrogens is 212 g/mol. The monoisotopic (exact) mass is 234 g/mol. The Morgan fingerprint density at radius 3 is 2.53 bits per heavy atom. The molecule has 0 saturated heterocycles. The Morgan fingerprint density at radius 1 is 1.35 bits per heavy atom. The van der Waals surface area contributed by atoms with Crippen molar-refractivity contribution in [2.45, 2.75) is 46.2 Å². The van der Waals surface area contributed by atoms with Gasteiger partial charge in [0.2, 0.25) is 0 Å². The minimum Gasteiger partial charge on any atom is -0.350 e. The van der Waals surface area contributed by atoms with Gasteiger partial charge in [-0.1, -0.05) is 17.7 Å². The Labute approximate surface area is 103 Å². The summed E-state index contributed by atoms with van der Waals surface area (Å²) in [7, 11) is 0. The molecule has 2 unspecified atom stereocenters. The van der Waals surface area contributed by atoms with Crippen molar-refractivity contribution in [1.82, 2.24) is 5.32 Å². The van der Waals surface area contributed by atoms with E-state index in [1.54, 1.807) is 0 Å². The fourth-order valence-electron chi connectivity index (χ4n) is 1.99. The highest BCUT2D eigenvalue weighted by molar-refractivity contribution is 5.95. The molecule has 94 valence electrons. The lowest BCUT2D eigenvalue weighted by Crippen LogP contribution is -2.36. The Kier molecular flexibility index (Phi) is 4.70. The van der Waals surface area contributed by atoms with E-state index in [-0.39, 0.29) is 18.0 Å². The zero-order valence-corrected chi connectivity index (χ0v) is 11.1. The van der Waals surface area contributed by atoms with Crippen molar-refractivity contribution in [1.29, 1.82) is 0 Å². The number of rotatable bonds is 4. The quantitative estimate of drug-likeness (QED) is 0.838. The van der Waals surface area contributed by atoms with Crippen LogP contribution in [-0.4, -0.2) is 18.0 Å². The van der Waals surface area contributed by atoms with E-state index in [0.717, 1.165) is 17.5 Å². The van der Waals surface area contributed by atoms with Crippen molar-refractivity contribution in [3.05, 3.63) is 34.9 Å². The second-order valence-electron chi connectivity index (χ2n) is 4.91. The summed E-state index contributed by atoms with van der Waals surface area (Å²) in [5.41, 5.74) is 8.63. The molecule has 0 fully saturated rings. The third-order valence-corrected chi connectivity index (χ3v) is 2.73. The van der Waals surface area contributed by atoms with E-state index in [4.69, 9.17) is 5.73 Å². The molecular formula is C14H22N2O. The highest BCUT2D eigenvalue weighted by Gasteiger charge is 2.12. The average Bonchev–Trinajstić information content (AvgIpc) is 2.15. The number of hydrogen-bond donors (Lipinski definition) is 2. The molecule has 1 aromatic rings. The Bertz CT molecular complexity index is 399. The molecule has 3 N–H and O–H groups in total. The van der Waals surface area contributed by atoms with Gasteiger partial charge in [0.1, 0.15) is 0 Å². The van der Waals surface area contributed by atoms with Gasteiger partial charge in [0.15, 0.2) is 0 Å². The van der Waals surface area contributed by atoms with Gasteiger partial charge in [0.25, 0.3) is 5.91 Å². The predicted molar refractivity (Wildman–Crippen MR) is 71.1 cm³/mol. The van der Waals surface area contributed by atoms with Crippen LogP contribution < -0.4 is 11.1 Å². The molecule has 1 rings (SSSR count). The number of nitrogens with two attached hydrogens (primary N) is 1. The summed E-state index contributed by atoms with van der Waals surface area (Å²) in [4.78, 5) is 12.0. The van der Waals surface area contributed by atoms with Crippen LogP contribution in [0, 0.1) is 13.8 Å². The molecule has 3 heteroatoms. The lowest BCUT2D eigenvalue weighted by molar-refractivity contribution is 0.0937. The molecule has 3 nitrogen and oxygen atoms in total. The van der Waals surface area contributed by atoms with Crippen LogP contribution in [0.1, 0.15) is 41.8 Å². The number of carbonyl (C=O) groups is 1.